The summed E-state index contributed by atoms with van der Waals surface area (Å²) >= 11 is 0. The van der Waals surface area contributed by atoms with Gasteiger partial charge in [-0.3, -0.25) is 9.78 Å². The van der Waals surface area contributed by atoms with E-state index in [0.29, 0.717) is 12.1 Å². The van der Waals surface area contributed by atoms with Crippen molar-refractivity contribution in [3.05, 3.63) is 59.4 Å². The number of carbonyl (C=O) groups excluding carboxylic acids is 1. The van der Waals surface area contributed by atoms with Gasteiger partial charge in [-0.15, -0.1) is 0 Å². The van der Waals surface area contributed by atoms with Crippen molar-refractivity contribution in [1.82, 2.24) is 15.3 Å². The Morgan fingerprint density at radius 3 is 2.83 bits per heavy atom. The van der Waals surface area contributed by atoms with Gasteiger partial charge in [-0.05, 0) is 31.2 Å². The second kappa shape index (κ2) is 5.35. The number of nitrogens with one attached hydrogen (secondary N) is 1. The Labute approximate surface area is 104 Å². The molecule has 0 aromatic carbocycles. The predicted molar refractivity (Wildman–Crippen MR) is 64.3 cm³/mol. The van der Waals surface area contributed by atoms with Crippen molar-refractivity contribution in [2.24, 2.45) is 0 Å². The number of aromatic nitrogens is 2. The van der Waals surface area contributed by atoms with Crippen LogP contribution in [-0.4, -0.2) is 15.9 Å². The van der Waals surface area contributed by atoms with E-state index in [1.165, 1.54) is 12.3 Å². The number of nitrogens with zero attached hydrogens (tertiary/aromatic N) is 2. The van der Waals surface area contributed by atoms with E-state index in [1.54, 1.807) is 0 Å². The van der Waals surface area contributed by atoms with Crippen LogP contribution in [0.3, 0.4) is 0 Å². The maximum atomic E-state index is 12.6. The van der Waals surface area contributed by atoms with Crippen molar-refractivity contribution < 1.29 is 9.18 Å². The molecule has 0 aliphatic heterocycles. The van der Waals surface area contributed by atoms with Crippen LogP contribution in [0.15, 0.2) is 36.5 Å². The molecule has 2 heterocycles. The summed E-state index contributed by atoms with van der Waals surface area (Å²) in [7, 11) is 0. The summed E-state index contributed by atoms with van der Waals surface area (Å²) in [4.78, 5) is 19.4. The Morgan fingerprint density at radius 2 is 2.17 bits per heavy atom. The van der Waals surface area contributed by atoms with Crippen LogP contribution in [0.25, 0.3) is 0 Å². The normalized spacial score (nSPS) is 10.1. The average Bonchev–Trinajstić information content (AvgIpc) is 2.37. The second-order valence-corrected chi connectivity index (χ2v) is 3.82. The van der Waals surface area contributed by atoms with Crippen molar-refractivity contribution in [2.75, 3.05) is 0 Å². The Bertz CT molecular complexity index is 554. The van der Waals surface area contributed by atoms with Crippen LogP contribution in [0.4, 0.5) is 4.39 Å². The van der Waals surface area contributed by atoms with E-state index in [-0.39, 0.29) is 5.91 Å². The van der Waals surface area contributed by atoms with E-state index in [4.69, 9.17) is 0 Å². The summed E-state index contributed by atoms with van der Waals surface area (Å²) in [5.74, 6) is -0.905. The van der Waals surface area contributed by atoms with E-state index in [2.05, 4.69) is 15.3 Å². The summed E-state index contributed by atoms with van der Waals surface area (Å²) in [6, 6.07) is 8.13. The van der Waals surface area contributed by atoms with Gasteiger partial charge in [0.25, 0.3) is 5.91 Å². The van der Waals surface area contributed by atoms with Crippen LogP contribution >= 0.6 is 0 Å². The third-order valence-electron chi connectivity index (χ3n) is 2.37. The van der Waals surface area contributed by atoms with Crippen molar-refractivity contribution in [2.45, 2.75) is 13.5 Å². The maximum Gasteiger partial charge on any atom is 0.253 e. The zero-order valence-electron chi connectivity index (χ0n) is 9.85. The topological polar surface area (TPSA) is 54.9 Å². The Kier molecular flexibility index (Phi) is 3.62. The number of rotatable bonds is 3. The predicted octanol–water partition coefficient (Wildman–Crippen LogP) is 1.85. The molecule has 1 N–H and O–H groups in total. The molecular weight excluding hydrogens is 233 g/mol. The lowest BCUT2D eigenvalue weighted by atomic mass is 10.2. The quantitative estimate of drug-likeness (QED) is 0.840. The molecule has 0 unspecified atom stereocenters. The third kappa shape index (κ3) is 3.10. The van der Waals surface area contributed by atoms with E-state index >= 15 is 0 Å². The molecule has 0 aliphatic rings. The first-order chi connectivity index (χ1) is 8.65. The molecule has 0 spiro atoms. The minimum Gasteiger partial charge on any atom is -0.346 e. The molecule has 0 aliphatic carbocycles. The molecule has 2 aromatic heterocycles. The van der Waals surface area contributed by atoms with Gasteiger partial charge in [-0.25, -0.2) is 4.98 Å². The molecule has 2 aromatic rings. The molecule has 0 fully saturated rings. The van der Waals surface area contributed by atoms with Gasteiger partial charge in [0.15, 0.2) is 0 Å². The Morgan fingerprint density at radius 1 is 1.33 bits per heavy atom. The smallest absolute Gasteiger partial charge is 0.253 e. The molecule has 0 saturated heterocycles. The number of hydrogen-bond acceptors (Lipinski definition) is 3. The molecular formula is C13H12FN3O. The third-order valence-corrected chi connectivity index (χ3v) is 2.37. The first-order valence-electron chi connectivity index (χ1n) is 5.47. The molecule has 1 amide bonds. The van der Waals surface area contributed by atoms with E-state index in [1.807, 2.05) is 25.1 Å². The second-order valence-electron chi connectivity index (χ2n) is 3.82. The van der Waals surface area contributed by atoms with E-state index < -0.39 is 5.95 Å². The monoisotopic (exact) mass is 245 g/mol. The van der Waals surface area contributed by atoms with Gasteiger partial charge in [0.2, 0.25) is 5.95 Å². The summed E-state index contributed by atoms with van der Waals surface area (Å²) < 4.78 is 12.6. The van der Waals surface area contributed by atoms with Crippen molar-refractivity contribution in [3.8, 4) is 0 Å². The number of halogens is 1. The molecule has 0 bridgehead atoms. The lowest BCUT2D eigenvalue weighted by Gasteiger charge is -2.05. The summed E-state index contributed by atoms with van der Waals surface area (Å²) in [5, 5.41) is 2.70. The molecule has 0 atom stereocenters. The van der Waals surface area contributed by atoms with Crippen molar-refractivity contribution >= 4 is 5.91 Å². The SMILES string of the molecule is Cc1cccc(CNC(=O)c2ccc(F)nc2)n1. The largest absolute Gasteiger partial charge is 0.346 e. The lowest BCUT2D eigenvalue weighted by Crippen LogP contribution is -2.23. The molecule has 5 heteroatoms. The summed E-state index contributed by atoms with van der Waals surface area (Å²) in [6.45, 7) is 2.22. The lowest BCUT2D eigenvalue weighted by molar-refractivity contribution is 0.0950. The highest BCUT2D eigenvalue weighted by Crippen LogP contribution is 2.01. The van der Waals surface area contributed by atoms with Gasteiger partial charge in [-0.2, -0.15) is 4.39 Å². The zero-order chi connectivity index (χ0) is 13.0. The maximum absolute atomic E-state index is 12.6. The number of carbonyl (C=O) groups is 1. The minimum absolute atomic E-state index is 0.300. The van der Waals surface area contributed by atoms with Crippen LogP contribution in [0, 0.1) is 12.9 Å². The highest BCUT2D eigenvalue weighted by Gasteiger charge is 2.06. The standard InChI is InChI=1S/C13H12FN3O/c1-9-3-2-4-11(17-9)8-16-13(18)10-5-6-12(14)15-7-10/h2-7H,8H2,1H3,(H,16,18). The fourth-order valence-electron chi connectivity index (χ4n) is 1.48. The van der Waals surface area contributed by atoms with Gasteiger partial charge >= 0.3 is 0 Å². The molecule has 2 rings (SSSR count). The molecule has 0 radical (unpaired) electrons. The minimum atomic E-state index is -0.605. The molecule has 18 heavy (non-hydrogen) atoms. The number of aryl methyl sites for hydroxylation is 1. The van der Waals surface area contributed by atoms with Crippen LogP contribution in [0.1, 0.15) is 21.7 Å². The number of amides is 1. The fourth-order valence-corrected chi connectivity index (χ4v) is 1.48. The van der Waals surface area contributed by atoms with Crippen molar-refractivity contribution in [3.63, 3.8) is 0 Å². The molecule has 4 nitrogen and oxygen atoms in total. The first kappa shape index (κ1) is 12.2. The van der Waals surface area contributed by atoms with Gasteiger partial charge in [0, 0.05) is 11.9 Å². The zero-order valence-corrected chi connectivity index (χ0v) is 9.85. The van der Waals surface area contributed by atoms with Gasteiger partial charge in [-0.1, -0.05) is 6.07 Å². The van der Waals surface area contributed by atoms with Crippen LogP contribution in [-0.2, 0) is 6.54 Å². The van der Waals surface area contributed by atoms with Crippen LogP contribution < -0.4 is 5.32 Å². The first-order valence-corrected chi connectivity index (χ1v) is 5.47. The van der Waals surface area contributed by atoms with Gasteiger partial charge in [0.05, 0.1) is 17.8 Å². The van der Waals surface area contributed by atoms with Gasteiger partial charge < -0.3 is 5.32 Å². The summed E-state index contributed by atoms with van der Waals surface area (Å²) in [5.41, 5.74) is 1.99. The van der Waals surface area contributed by atoms with E-state index in [9.17, 15) is 9.18 Å². The average molecular weight is 245 g/mol. The van der Waals surface area contributed by atoms with E-state index in [0.717, 1.165) is 17.5 Å². The Balaban J connectivity index is 1.98. The van der Waals surface area contributed by atoms with Crippen LogP contribution in [0.2, 0.25) is 0 Å². The number of hydrogen-bond donors (Lipinski definition) is 1. The fraction of sp³-hybridized carbons (Fsp3) is 0.154. The Hall–Kier alpha value is -2.30. The summed E-state index contributed by atoms with van der Waals surface area (Å²) in [6.07, 6.45) is 1.20. The van der Waals surface area contributed by atoms with Crippen molar-refractivity contribution in [1.29, 1.82) is 0 Å². The molecule has 92 valence electrons. The highest BCUT2D eigenvalue weighted by molar-refractivity contribution is 5.93. The highest BCUT2D eigenvalue weighted by atomic mass is 19.1. The van der Waals surface area contributed by atoms with Gasteiger partial charge in [0.1, 0.15) is 0 Å². The molecule has 0 saturated carbocycles. The van der Waals surface area contributed by atoms with Crippen LogP contribution in [0.5, 0.6) is 0 Å². The number of pyridine rings is 2.